The van der Waals surface area contributed by atoms with Gasteiger partial charge in [-0.15, -0.1) is 11.8 Å². The van der Waals surface area contributed by atoms with Crippen LogP contribution in [0.2, 0.25) is 0 Å². The summed E-state index contributed by atoms with van der Waals surface area (Å²) in [4.78, 5) is 25.7. The highest BCUT2D eigenvalue weighted by Gasteiger charge is 2.16. The van der Waals surface area contributed by atoms with E-state index in [2.05, 4.69) is 10.6 Å². The number of thioether (sulfide) groups is 1. The van der Waals surface area contributed by atoms with Gasteiger partial charge in [0.1, 0.15) is 5.75 Å². The van der Waals surface area contributed by atoms with Crippen LogP contribution >= 0.6 is 11.8 Å². The van der Waals surface area contributed by atoms with Crippen LogP contribution in [0.25, 0.3) is 0 Å². The van der Waals surface area contributed by atoms with Crippen molar-refractivity contribution in [2.45, 2.75) is 30.9 Å². The molecule has 5 nitrogen and oxygen atoms in total. The van der Waals surface area contributed by atoms with E-state index in [0.29, 0.717) is 11.4 Å². The molecule has 0 aliphatic rings. The summed E-state index contributed by atoms with van der Waals surface area (Å²) < 4.78 is 5.47. The van der Waals surface area contributed by atoms with Crippen molar-refractivity contribution in [1.29, 1.82) is 0 Å². The normalized spacial score (nSPS) is 11.5. The van der Waals surface area contributed by atoms with Crippen molar-refractivity contribution < 1.29 is 14.3 Å². The Balaban J connectivity index is 1.55. The molecule has 2 amide bonds. The van der Waals surface area contributed by atoms with E-state index in [9.17, 15) is 9.59 Å². The highest BCUT2D eigenvalue weighted by atomic mass is 32.2. The molecule has 1 unspecified atom stereocenters. The molecule has 0 spiro atoms. The second-order valence-corrected chi connectivity index (χ2v) is 8.59. The van der Waals surface area contributed by atoms with Crippen LogP contribution in [0.4, 0.5) is 11.4 Å². The van der Waals surface area contributed by atoms with Gasteiger partial charge >= 0.3 is 0 Å². The molecule has 0 aromatic heterocycles. The van der Waals surface area contributed by atoms with Crippen LogP contribution < -0.4 is 15.4 Å². The Morgan fingerprint density at radius 1 is 0.935 bits per heavy atom. The Kier molecular flexibility index (Phi) is 7.73. The minimum Gasteiger partial charge on any atom is -0.484 e. The smallest absolute Gasteiger partial charge is 0.262 e. The topological polar surface area (TPSA) is 67.4 Å². The number of hydrogen-bond donors (Lipinski definition) is 2. The lowest BCUT2D eigenvalue weighted by Gasteiger charge is -2.15. The van der Waals surface area contributed by atoms with Crippen molar-refractivity contribution in [3.8, 4) is 5.75 Å². The maximum absolute atomic E-state index is 12.6. The molecule has 0 aliphatic heterocycles. The first-order chi connectivity index (χ1) is 14.9. The molecule has 0 radical (unpaired) electrons. The van der Waals surface area contributed by atoms with Gasteiger partial charge in [-0.2, -0.15) is 0 Å². The predicted octanol–water partition coefficient (Wildman–Crippen LogP) is 5.44. The Bertz CT molecular complexity index is 1050. The zero-order valence-electron chi connectivity index (χ0n) is 17.8. The molecule has 0 saturated carbocycles. The molecule has 6 heteroatoms. The maximum atomic E-state index is 12.6. The van der Waals surface area contributed by atoms with Crippen molar-refractivity contribution >= 4 is 35.0 Å². The summed E-state index contributed by atoms with van der Waals surface area (Å²) >= 11 is 1.44. The van der Waals surface area contributed by atoms with Crippen LogP contribution in [0.15, 0.2) is 77.7 Å². The fourth-order valence-electron chi connectivity index (χ4n) is 2.89. The minimum absolute atomic E-state index is 0.0654. The first-order valence-corrected chi connectivity index (χ1v) is 10.9. The maximum Gasteiger partial charge on any atom is 0.262 e. The van der Waals surface area contributed by atoms with Gasteiger partial charge in [0.25, 0.3) is 5.91 Å². The zero-order chi connectivity index (χ0) is 22.2. The van der Waals surface area contributed by atoms with Crippen molar-refractivity contribution in [2.75, 3.05) is 17.2 Å². The van der Waals surface area contributed by atoms with Gasteiger partial charge in [-0.1, -0.05) is 36.4 Å². The van der Waals surface area contributed by atoms with Crippen molar-refractivity contribution in [3.05, 3.63) is 83.9 Å². The van der Waals surface area contributed by atoms with Crippen LogP contribution in [0.3, 0.4) is 0 Å². The fourth-order valence-corrected chi connectivity index (χ4v) is 3.81. The number of nitrogens with one attached hydrogen (secondary N) is 2. The number of rotatable bonds is 8. The number of carbonyl (C=O) groups is 2. The number of carbonyl (C=O) groups excluding carboxylic acids is 2. The summed E-state index contributed by atoms with van der Waals surface area (Å²) in [5, 5.41) is 5.54. The summed E-state index contributed by atoms with van der Waals surface area (Å²) in [6.07, 6.45) is 0. The SMILES string of the molecule is Cc1cccc(NC(=O)C(C)Sc2cccc(NC(=O)COc3ccccc3)c2)c1C. The monoisotopic (exact) mass is 434 g/mol. The Labute approximate surface area is 187 Å². The third-order valence-electron chi connectivity index (χ3n) is 4.78. The van der Waals surface area contributed by atoms with Crippen molar-refractivity contribution in [1.82, 2.24) is 0 Å². The standard InChI is InChI=1S/C25H26N2O3S/c1-17-9-7-14-23(18(17)2)27-25(29)19(3)31-22-13-8-10-20(15-22)26-24(28)16-30-21-11-5-4-6-12-21/h4-15,19H,16H2,1-3H3,(H,26,28)(H,27,29). The fraction of sp³-hybridized carbons (Fsp3) is 0.200. The van der Waals surface area contributed by atoms with E-state index in [1.807, 2.05) is 81.4 Å². The van der Waals surface area contributed by atoms with E-state index in [0.717, 1.165) is 21.7 Å². The first-order valence-electron chi connectivity index (χ1n) is 10.0. The van der Waals surface area contributed by atoms with Crippen LogP contribution in [-0.2, 0) is 9.59 Å². The molecule has 0 bridgehead atoms. The molecule has 3 aromatic carbocycles. The number of aryl methyl sites for hydroxylation is 1. The van der Waals surface area contributed by atoms with E-state index in [-0.39, 0.29) is 23.7 Å². The summed E-state index contributed by atoms with van der Waals surface area (Å²) in [7, 11) is 0. The molecule has 31 heavy (non-hydrogen) atoms. The second kappa shape index (κ2) is 10.7. The largest absolute Gasteiger partial charge is 0.484 e. The van der Waals surface area contributed by atoms with Gasteiger partial charge in [0.15, 0.2) is 6.61 Å². The predicted molar refractivity (Wildman–Crippen MR) is 127 cm³/mol. The van der Waals surface area contributed by atoms with Crippen LogP contribution in [-0.4, -0.2) is 23.7 Å². The average Bonchev–Trinajstić information content (AvgIpc) is 2.76. The van der Waals surface area contributed by atoms with Gasteiger partial charge in [0.2, 0.25) is 5.91 Å². The van der Waals surface area contributed by atoms with E-state index in [1.54, 1.807) is 12.1 Å². The molecular weight excluding hydrogens is 408 g/mol. The number of para-hydroxylation sites is 1. The van der Waals surface area contributed by atoms with E-state index < -0.39 is 0 Å². The van der Waals surface area contributed by atoms with Crippen LogP contribution in [0, 0.1) is 13.8 Å². The van der Waals surface area contributed by atoms with Gasteiger partial charge < -0.3 is 15.4 Å². The molecular formula is C25H26N2O3S. The van der Waals surface area contributed by atoms with Gasteiger partial charge in [-0.05, 0) is 68.3 Å². The molecule has 0 aliphatic carbocycles. The number of amides is 2. The van der Waals surface area contributed by atoms with E-state index >= 15 is 0 Å². The number of hydrogen-bond acceptors (Lipinski definition) is 4. The van der Waals surface area contributed by atoms with Crippen molar-refractivity contribution in [3.63, 3.8) is 0 Å². The van der Waals surface area contributed by atoms with Gasteiger partial charge in [-0.25, -0.2) is 0 Å². The van der Waals surface area contributed by atoms with Gasteiger partial charge in [-0.3, -0.25) is 9.59 Å². The molecule has 0 heterocycles. The average molecular weight is 435 g/mol. The Morgan fingerprint density at radius 3 is 2.45 bits per heavy atom. The van der Waals surface area contributed by atoms with Crippen molar-refractivity contribution in [2.24, 2.45) is 0 Å². The lowest BCUT2D eigenvalue weighted by atomic mass is 10.1. The van der Waals surface area contributed by atoms with E-state index in [4.69, 9.17) is 4.74 Å². The second-order valence-electron chi connectivity index (χ2n) is 7.17. The summed E-state index contributed by atoms with van der Waals surface area (Å²) in [5.74, 6) is 0.335. The number of ether oxygens (including phenoxy) is 1. The minimum atomic E-state index is -0.299. The molecule has 0 saturated heterocycles. The molecule has 3 rings (SSSR count). The lowest BCUT2D eigenvalue weighted by Crippen LogP contribution is -2.23. The lowest BCUT2D eigenvalue weighted by molar-refractivity contribution is -0.118. The highest BCUT2D eigenvalue weighted by Crippen LogP contribution is 2.27. The van der Waals surface area contributed by atoms with E-state index in [1.165, 1.54) is 11.8 Å². The summed E-state index contributed by atoms with van der Waals surface area (Å²) in [6, 6.07) is 22.5. The molecule has 3 aromatic rings. The zero-order valence-corrected chi connectivity index (χ0v) is 18.7. The number of benzene rings is 3. The van der Waals surface area contributed by atoms with Gasteiger partial charge in [0.05, 0.1) is 5.25 Å². The van der Waals surface area contributed by atoms with Gasteiger partial charge in [0, 0.05) is 16.3 Å². The highest BCUT2D eigenvalue weighted by molar-refractivity contribution is 8.00. The van der Waals surface area contributed by atoms with Crippen LogP contribution in [0.5, 0.6) is 5.75 Å². The molecule has 1 atom stereocenters. The van der Waals surface area contributed by atoms with Crippen LogP contribution in [0.1, 0.15) is 18.1 Å². The first kappa shape index (κ1) is 22.4. The molecule has 0 fully saturated rings. The third kappa shape index (κ3) is 6.62. The summed E-state index contributed by atoms with van der Waals surface area (Å²) in [5.41, 5.74) is 3.69. The quantitative estimate of drug-likeness (QED) is 0.463. The third-order valence-corrected chi connectivity index (χ3v) is 5.87. The Morgan fingerprint density at radius 2 is 1.68 bits per heavy atom. The molecule has 2 N–H and O–H groups in total. The Hall–Kier alpha value is -3.25. The number of anilines is 2. The summed E-state index contributed by atoms with van der Waals surface area (Å²) in [6.45, 7) is 5.81. The molecule has 160 valence electrons.